The molecule has 130 valence electrons. The normalized spacial score (nSPS) is 11.3. The average molecular weight is 379 g/mol. The second-order valence-corrected chi connectivity index (χ2v) is 7.38. The Morgan fingerprint density at radius 3 is 2.56 bits per heavy atom. The highest BCUT2D eigenvalue weighted by Gasteiger charge is 2.19. The van der Waals surface area contributed by atoms with Gasteiger partial charge in [0.1, 0.15) is 5.75 Å². The maximum Gasteiger partial charge on any atom is 0.245 e. The van der Waals surface area contributed by atoms with Crippen LogP contribution in [0.5, 0.6) is 5.75 Å². The molecule has 3 rings (SSSR count). The summed E-state index contributed by atoms with van der Waals surface area (Å²) in [6.45, 7) is 0. The molecular weight excluding hydrogens is 364 g/mol. The van der Waals surface area contributed by atoms with Crippen molar-refractivity contribution in [3.8, 4) is 16.9 Å². The molecule has 6 nitrogen and oxygen atoms in total. The Hall–Kier alpha value is -2.51. The third-order valence-corrected chi connectivity index (χ3v) is 5.08. The van der Waals surface area contributed by atoms with Gasteiger partial charge in [-0.25, -0.2) is 8.42 Å². The van der Waals surface area contributed by atoms with Crippen LogP contribution in [0.4, 0.5) is 5.88 Å². The highest BCUT2D eigenvalue weighted by molar-refractivity contribution is 7.91. The molecule has 8 heteroatoms. The summed E-state index contributed by atoms with van der Waals surface area (Å²) in [5.41, 5.74) is 1.78. The van der Waals surface area contributed by atoms with E-state index in [4.69, 9.17) is 20.9 Å². The molecule has 0 aliphatic rings. The molecular formula is C17H15ClN2O4S. The Kier molecular flexibility index (Phi) is 4.96. The summed E-state index contributed by atoms with van der Waals surface area (Å²) in [7, 11) is -2.14. The van der Waals surface area contributed by atoms with Crippen LogP contribution in [0.2, 0.25) is 5.02 Å². The molecule has 0 radical (unpaired) electrons. The van der Waals surface area contributed by atoms with Gasteiger partial charge in [0, 0.05) is 5.02 Å². The zero-order valence-corrected chi connectivity index (χ0v) is 14.8. The molecule has 0 aliphatic carbocycles. The molecule has 1 N–H and O–H groups in total. The van der Waals surface area contributed by atoms with E-state index < -0.39 is 10.0 Å². The number of methoxy groups -OCH3 is 1. The number of nitrogens with one attached hydrogen (secondary N) is 1. The van der Waals surface area contributed by atoms with Crippen molar-refractivity contribution in [2.75, 3.05) is 11.8 Å². The number of ether oxygens (including phenoxy) is 1. The minimum atomic E-state index is -3.72. The largest absolute Gasteiger partial charge is 0.497 e. The van der Waals surface area contributed by atoms with Crippen LogP contribution >= 0.6 is 11.6 Å². The van der Waals surface area contributed by atoms with Crippen LogP contribution < -0.4 is 9.46 Å². The van der Waals surface area contributed by atoms with Crippen LogP contribution in [0.25, 0.3) is 11.1 Å². The van der Waals surface area contributed by atoms with Crippen LogP contribution in [0.3, 0.4) is 0 Å². The van der Waals surface area contributed by atoms with E-state index in [0.717, 1.165) is 5.56 Å². The second-order valence-electron chi connectivity index (χ2n) is 5.25. The van der Waals surface area contributed by atoms with Crippen molar-refractivity contribution in [2.24, 2.45) is 0 Å². The molecule has 0 saturated heterocycles. The number of nitrogens with zero attached hydrogens (tertiary/aromatic N) is 1. The first-order valence-corrected chi connectivity index (χ1v) is 9.34. The molecule has 0 saturated carbocycles. The molecule has 0 aliphatic heterocycles. The van der Waals surface area contributed by atoms with Crippen molar-refractivity contribution in [1.29, 1.82) is 0 Å². The van der Waals surface area contributed by atoms with Gasteiger partial charge in [-0.15, -0.1) is 0 Å². The zero-order valence-electron chi connectivity index (χ0n) is 13.3. The number of anilines is 1. The minimum Gasteiger partial charge on any atom is -0.497 e. The summed E-state index contributed by atoms with van der Waals surface area (Å²) in [5, 5.41) is 4.08. The summed E-state index contributed by atoms with van der Waals surface area (Å²) in [4.78, 5) is 0. The van der Waals surface area contributed by atoms with Crippen molar-refractivity contribution >= 4 is 27.5 Å². The number of aromatic nitrogens is 1. The quantitative estimate of drug-likeness (QED) is 0.702. The Bertz CT molecular complexity index is 968. The molecule has 1 heterocycles. The minimum absolute atomic E-state index is 0.0530. The molecule has 25 heavy (non-hydrogen) atoms. The molecule has 2 aromatic carbocycles. The third-order valence-electron chi connectivity index (χ3n) is 3.52. The van der Waals surface area contributed by atoms with E-state index in [0.29, 0.717) is 21.9 Å². The van der Waals surface area contributed by atoms with Gasteiger partial charge in [-0.3, -0.25) is 4.72 Å². The van der Waals surface area contributed by atoms with E-state index in [1.165, 1.54) is 6.20 Å². The Balaban J connectivity index is 1.83. The van der Waals surface area contributed by atoms with Crippen LogP contribution in [0, 0.1) is 0 Å². The Labute approximate surface area is 150 Å². The first kappa shape index (κ1) is 17.3. The van der Waals surface area contributed by atoms with Gasteiger partial charge in [-0.2, -0.15) is 0 Å². The van der Waals surface area contributed by atoms with Crippen molar-refractivity contribution in [3.63, 3.8) is 0 Å². The lowest BCUT2D eigenvalue weighted by Crippen LogP contribution is -2.15. The van der Waals surface area contributed by atoms with E-state index in [-0.39, 0.29) is 11.6 Å². The predicted octanol–water partition coefficient (Wildman–Crippen LogP) is 3.95. The zero-order chi connectivity index (χ0) is 17.9. The molecule has 0 fully saturated rings. The lowest BCUT2D eigenvalue weighted by molar-refractivity contribution is 0.415. The molecule has 0 bridgehead atoms. The standard InChI is InChI=1S/C17H15ClN2O4S/c1-23-14-8-6-12(7-9-14)15-10-19-24-17(15)20-25(21,22)11-13-4-2-3-5-16(13)18/h2-10,20H,11H2,1H3. The average Bonchev–Trinajstić information content (AvgIpc) is 3.04. The highest BCUT2D eigenvalue weighted by atomic mass is 35.5. The first-order chi connectivity index (χ1) is 12.0. The van der Waals surface area contributed by atoms with Crippen LogP contribution in [0.1, 0.15) is 5.56 Å². The second kappa shape index (κ2) is 7.16. The Morgan fingerprint density at radius 1 is 1.16 bits per heavy atom. The molecule has 0 amide bonds. The predicted molar refractivity (Wildman–Crippen MR) is 96.2 cm³/mol. The summed E-state index contributed by atoms with van der Waals surface area (Å²) in [6.07, 6.45) is 1.45. The number of hydrogen-bond donors (Lipinski definition) is 1. The number of sulfonamides is 1. The van der Waals surface area contributed by atoms with E-state index in [9.17, 15) is 8.42 Å². The third kappa shape index (κ3) is 4.12. The monoisotopic (exact) mass is 378 g/mol. The van der Waals surface area contributed by atoms with Gasteiger partial charge in [0.25, 0.3) is 0 Å². The fourth-order valence-electron chi connectivity index (χ4n) is 2.29. The lowest BCUT2D eigenvalue weighted by atomic mass is 10.1. The van der Waals surface area contributed by atoms with Gasteiger partial charge in [0.05, 0.1) is 24.6 Å². The summed E-state index contributed by atoms with van der Waals surface area (Å²) < 4.78 is 37.5. The number of rotatable bonds is 6. The summed E-state index contributed by atoms with van der Waals surface area (Å²) in [6, 6.07) is 13.9. The Morgan fingerprint density at radius 2 is 1.88 bits per heavy atom. The van der Waals surface area contributed by atoms with E-state index in [1.807, 2.05) is 0 Å². The lowest BCUT2D eigenvalue weighted by Gasteiger charge is -2.08. The van der Waals surface area contributed by atoms with Crippen molar-refractivity contribution in [2.45, 2.75) is 5.75 Å². The van der Waals surface area contributed by atoms with E-state index in [2.05, 4.69) is 9.88 Å². The fourth-order valence-corrected chi connectivity index (χ4v) is 3.73. The maximum absolute atomic E-state index is 12.4. The molecule has 0 atom stereocenters. The van der Waals surface area contributed by atoms with Crippen molar-refractivity contribution < 1.29 is 17.7 Å². The molecule has 0 spiro atoms. The summed E-state index contributed by atoms with van der Waals surface area (Å²) >= 11 is 6.03. The van der Waals surface area contributed by atoms with Gasteiger partial charge in [-0.1, -0.05) is 47.1 Å². The maximum atomic E-state index is 12.4. The molecule has 3 aromatic rings. The van der Waals surface area contributed by atoms with Gasteiger partial charge >= 0.3 is 0 Å². The van der Waals surface area contributed by atoms with Crippen LogP contribution in [-0.2, 0) is 15.8 Å². The SMILES string of the molecule is COc1ccc(-c2cnoc2NS(=O)(=O)Cc2ccccc2Cl)cc1. The van der Waals surface area contributed by atoms with E-state index >= 15 is 0 Å². The number of halogens is 1. The number of benzene rings is 2. The summed E-state index contributed by atoms with van der Waals surface area (Å²) in [5.74, 6) is 0.480. The van der Waals surface area contributed by atoms with Gasteiger partial charge in [-0.05, 0) is 29.3 Å². The molecule has 0 unspecified atom stereocenters. The van der Waals surface area contributed by atoms with Crippen LogP contribution in [-0.4, -0.2) is 20.7 Å². The topological polar surface area (TPSA) is 81.4 Å². The van der Waals surface area contributed by atoms with Gasteiger partial charge < -0.3 is 9.26 Å². The smallest absolute Gasteiger partial charge is 0.245 e. The number of hydrogen-bond acceptors (Lipinski definition) is 5. The van der Waals surface area contributed by atoms with Crippen molar-refractivity contribution in [3.05, 3.63) is 65.3 Å². The van der Waals surface area contributed by atoms with Gasteiger partial charge in [0.2, 0.25) is 15.9 Å². The van der Waals surface area contributed by atoms with Crippen LogP contribution in [0.15, 0.2) is 59.3 Å². The van der Waals surface area contributed by atoms with E-state index in [1.54, 1.807) is 55.6 Å². The fraction of sp³-hybridized carbons (Fsp3) is 0.118. The molecule has 1 aromatic heterocycles. The highest BCUT2D eigenvalue weighted by Crippen LogP contribution is 2.30. The van der Waals surface area contributed by atoms with Crippen molar-refractivity contribution in [1.82, 2.24) is 5.16 Å². The first-order valence-electron chi connectivity index (χ1n) is 7.31. The van der Waals surface area contributed by atoms with Gasteiger partial charge in [0.15, 0.2) is 0 Å².